The first-order chi connectivity index (χ1) is 14.9. The number of ether oxygens (including phenoxy) is 1. The summed E-state index contributed by atoms with van der Waals surface area (Å²) < 4.78 is 5.30. The fourth-order valence-electron chi connectivity index (χ4n) is 2.85. The Balaban J connectivity index is 1.65. The van der Waals surface area contributed by atoms with E-state index in [9.17, 15) is 14.9 Å². The number of esters is 1. The van der Waals surface area contributed by atoms with Crippen molar-refractivity contribution in [2.45, 2.75) is 23.9 Å². The number of carbonyl (C=O) groups is 1. The molecule has 31 heavy (non-hydrogen) atoms. The van der Waals surface area contributed by atoms with Crippen LogP contribution in [0.25, 0.3) is 6.08 Å². The van der Waals surface area contributed by atoms with Crippen molar-refractivity contribution in [3.63, 3.8) is 0 Å². The number of rotatable bonds is 5. The van der Waals surface area contributed by atoms with Crippen LogP contribution < -0.4 is 0 Å². The van der Waals surface area contributed by atoms with Crippen molar-refractivity contribution in [3.8, 4) is 0 Å². The highest BCUT2D eigenvalue weighted by atomic mass is 32.2. The summed E-state index contributed by atoms with van der Waals surface area (Å²) in [5.74, 6) is -0.394. The standard InChI is InChI=1S/C22H16N4O4S/c1-13-4-6-16(10-14(13)2)20-25-17(21(27)30-20)11-15-5-7-19(18(12-15)26(28)29)31-22-23-8-3-9-24-22/h3-12H,1-2H3. The summed E-state index contributed by atoms with van der Waals surface area (Å²) in [6.07, 6.45) is 4.60. The van der Waals surface area contributed by atoms with E-state index in [1.165, 1.54) is 12.1 Å². The number of nitro groups is 1. The number of hydrogen-bond acceptors (Lipinski definition) is 8. The highest BCUT2D eigenvalue weighted by Gasteiger charge is 2.25. The number of carbonyl (C=O) groups excluding carboxylic acids is 1. The van der Waals surface area contributed by atoms with Gasteiger partial charge in [0.2, 0.25) is 5.90 Å². The first-order valence-corrected chi connectivity index (χ1v) is 10.1. The summed E-state index contributed by atoms with van der Waals surface area (Å²) >= 11 is 1.09. The predicted octanol–water partition coefficient (Wildman–Crippen LogP) is 4.50. The Bertz CT molecular complexity index is 1260. The van der Waals surface area contributed by atoms with Gasteiger partial charge < -0.3 is 4.74 Å². The number of hydrogen-bond donors (Lipinski definition) is 0. The Morgan fingerprint density at radius 3 is 2.55 bits per heavy atom. The zero-order valence-electron chi connectivity index (χ0n) is 16.6. The van der Waals surface area contributed by atoms with Crippen LogP contribution in [0.3, 0.4) is 0 Å². The molecule has 1 aromatic heterocycles. The lowest BCUT2D eigenvalue weighted by Crippen LogP contribution is -2.05. The lowest BCUT2D eigenvalue weighted by Gasteiger charge is -2.03. The van der Waals surface area contributed by atoms with Crippen molar-refractivity contribution < 1.29 is 14.5 Å². The Hall–Kier alpha value is -3.85. The maximum Gasteiger partial charge on any atom is 0.363 e. The Labute approximate surface area is 181 Å². The summed E-state index contributed by atoms with van der Waals surface area (Å²) in [6.45, 7) is 3.96. The normalized spacial score (nSPS) is 14.5. The number of aromatic nitrogens is 2. The molecule has 4 rings (SSSR count). The molecule has 0 amide bonds. The molecule has 2 aromatic carbocycles. The molecule has 9 heteroatoms. The lowest BCUT2D eigenvalue weighted by molar-refractivity contribution is -0.387. The van der Waals surface area contributed by atoms with Crippen LogP contribution >= 0.6 is 11.8 Å². The minimum Gasteiger partial charge on any atom is -0.402 e. The molecule has 0 N–H and O–H groups in total. The Morgan fingerprint density at radius 2 is 1.84 bits per heavy atom. The molecular weight excluding hydrogens is 416 g/mol. The van der Waals surface area contributed by atoms with Gasteiger partial charge in [-0.1, -0.05) is 12.1 Å². The van der Waals surface area contributed by atoms with Crippen LogP contribution in [0.4, 0.5) is 5.69 Å². The van der Waals surface area contributed by atoms with E-state index in [0.29, 0.717) is 21.2 Å². The van der Waals surface area contributed by atoms with Gasteiger partial charge in [-0.05, 0) is 72.6 Å². The van der Waals surface area contributed by atoms with E-state index in [4.69, 9.17) is 4.74 Å². The topological polar surface area (TPSA) is 108 Å². The fourth-order valence-corrected chi connectivity index (χ4v) is 3.65. The molecule has 0 radical (unpaired) electrons. The fraction of sp³-hybridized carbons (Fsp3) is 0.0909. The third kappa shape index (κ3) is 4.51. The number of aryl methyl sites for hydroxylation is 2. The molecule has 0 bridgehead atoms. The molecule has 0 saturated heterocycles. The number of nitrogens with zero attached hydrogens (tertiary/aromatic N) is 4. The van der Waals surface area contributed by atoms with Gasteiger partial charge in [-0.25, -0.2) is 19.8 Å². The minimum absolute atomic E-state index is 0.0781. The van der Waals surface area contributed by atoms with Gasteiger partial charge in [-0.15, -0.1) is 0 Å². The molecule has 0 aliphatic carbocycles. The number of cyclic esters (lactones) is 1. The Morgan fingerprint density at radius 1 is 1.06 bits per heavy atom. The average molecular weight is 432 g/mol. The molecule has 0 atom stereocenters. The summed E-state index contributed by atoms with van der Waals surface area (Å²) in [7, 11) is 0. The monoisotopic (exact) mass is 432 g/mol. The molecule has 154 valence electrons. The SMILES string of the molecule is Cc1ccc(C2=NC(=Cc3ccc(Sc4ncccn4)c([N+](=O)[O-])c3)C(=O)O2)cc1C. The van der Waals surface area contributed by atoms with Crippen LogP contribution in [0.2, 0.25) is 0 Å². The molecule has 0 unspecified atom stereocenters. The minimum atomic E-state index is -0.605. The first-order valence-electron chi connectivity index (χ1n) is 9.24. The van der Waals surface area contributed by atoms with Crippen molar-refractivity contribution in [2.75, 3.05) is 0 Å². The van der Waals surface area contributed by atoms with Crippen molar-refractivity contribution in [1.29, 1.82) is 0 Å². The van der Waals surface area contributed by atoms with Crippen LogP contribution in [0.1, 0.15) is 22.3 Å². The number of benzene rings is 2. The smallest absolute Gasteiger partial charge is 0.363 e. The van der Waals surface area contributed by atoms with Crippen LogP contribution in [0.15, 0.2) is 75.6 Å². The first kappa shape index (κ1) is 20.4. The van der Waals surface area contributed by atoms with Crippen LogP contribution in [-0.2, 0) is 9.53 Å². The lowest BCUT2D eigenvalue weighted by atomic mass is 10.1. The van der Waals surface area contributed by atoms with Crippen molar-refractivity contribution in [2.24, 2.45) is 4.99 Å². The van der Waals surface area contributed by atoms with Crippen LogP contribution in [-0.4, -0.2) is 26.8 Å². The molecule has 0 spiro atoms. The van der Waals surface area contributed by atoms with E-state index < -0.39 is 10.9 Å². The quantitative estimate of drug-likeness (QED) is 0.192. The van der Waals surface area contributed by atoms with Crippen molar-refractivity contribution >= 4 is 35.4 Å². The molecular formula is C22H16N4O4S. The van der Waals surface area contributed by atoms with Gasteiger partial charge in [-0.3, -0.25) is 10.1 Å². The Kier molecular flexibility index (Phi) is 5.59. The second-order valence-corrected chi connectivity index (χ2v) is 7.76. The van der Waals surface area contributed by atoms with Crippen LogP contribution in [0, 0.1) is 24.0 Å². The van der Waals surface area contributed by atoms with Gasteiger partial charge in [0.25, 0.3) is 5.69 Å². The summed E-state index contributed by atoms with van der Waals surface area (Å²) in [5, 5.41) is 12.0. The van der Waals surface area contributed by atoms with E-state index >= 15 is 0 Å². The summed E-state index contributed by atoms with van der Waals surface area (Å²) in [6, 6.07) is 12.0. The zero-order valence-corrected chi connectivity index (χ0v) is 17.4. The van der Waals surface area contributed by atoms with E-state index in [1.807, 2.05) is 32.0 Å². The van der Waals surface area contributed by atoms with E-state index in [-0.39, 0.29) is 17.3 Å². The molecule has 3 aromatic rings. The molecule has 2 heterocycles. The predicted molar refractivity (Wildman–Crippen MR) is 116 cm³/mol. The number of nitro benzene ring substituents is 1. The molecule has 1 aliphatic heterocycles. The van der Waals surface area contributed by atoms with Gasteiger partial charge >= 0.3 is 5.97 Å². The van der Waals surface area contributed by atoms with Gasteiger partial charge in [0.05, 0.1) is 9.82 Å². The third-order valence-electron chi connectivity index (χ3n) is 4.60. The zero-order chi connectivity index (χ0) is 22.0. The highest BCUT2D eigenvalue weighted by Crippen LogP contribution is 2.34. The van der Waals surface area contributed by atoms with Gasteiger partial charge in [-0.2, -0.15) is 0 Å². The molecule has 0 saturated carbocycles. The summed E-state index contributed by atoms with van der Waals surface area (Å²) in [4.78, 5) is 36.2. The highest BCUT2D eigenvalue weighted by molar-refractivity contribution is 7.99. The summed E-state index contributed by atoms with van der Waals surface area (Å²) in [5.41, 5.74) is 3.30. The van der Waals surface area contributed by atoms with E-state index in [1.54, 1.807) is 30.6 Å². The second kappa shape index (κ2) is 8.49. The molecule has 0 fully saturated rings. The van der Waals surface area contributed by atoms with Crippen LogP contribution in [0.5, 0.6) is 0 Å². The van der Waals surface area contributed by atoms with E-state index in [2.05, 4.69) is 15.0 Å². The maximum absolute atomic E-state index is 12.3. The van der Waals surface area contributed by atoms with Crippen molar-refractivity contribution in [3.05, 3.63) is 92.9 Å². The third-order valence-corrected chi connectivity index (χ3v) is 5.56. The molecule has 8 nitrogen and oxygen atoms in total. The average Bonchev–Trinajstić information content (AvgIpc) is 3.12. The van der Waals surface area contributed by atoms with Gasteiger partial charge in [0, 0.05) is 24.0 Å². The second-order valence-electron chi connectivity index (χ2n) is 6.75. The largest absolute Gasteiger partial charge is 0.402 e. The van der Waals surface area contributed by atoms with E-state index in [0.717, 1.165) is 22.9 Å². The van der Waals surface area contributed by atoms with Crippen molar-refractivity contribution in [1.82, 2.24) is 9.97 Å². The maximum atomic E-state index is 12.3. The molecule has 1 aliphatic rings. The van der Waals surface area contributed by atoms with Gasteiger partial charge in [0.15, 0.2) is 10.9 Å². The van der Waals surface area contributed by atoms with Gasteiger partial charge in [0.1, 0.15) is 0 Å². The number of aliphatic imine (C=N–C) groups is 1.